The van der Waals surface area contributed by atoms with Crippen LogP contribution in [-0.4, -0.2) is 47.2 Å². The molecular formula is C16H27NO4. The van der Waals surface area contributed by atoms with Crippen LogP contribution >= 0.6 is 0 Å². The lowest BCUT2D eigenvalue weighted by atomic mass is 10.2. The average molecular weight is 297 g/mol. The van der Waals surface area contributed by atoms with Crippen molar-refractivity contribution in [3.8, 4) is 11.5 Å². The van der Waals surface area contributed by atoms with Gasteiger partial charge in [-0.15, -0.1) is 0 Å². The number of hydrogen-bond acceptors (Lipinski definition) is 5. The predicted octanol–water partition coefficient (Wildman–Crippen LogP) is 2.24. The third kappa shape index (κ3) is 7.32. The highest BCUT2D eigenvalue weighted by Crippen LogP contribution is 2.24. The second-order valence-corrected chi connectivity index (χ2v) is 4.56. The third-order valence-corrected chi connectivity index (χ3v) is 2.96. The van der Waals surface area contributed by atoms with Gasteiger partial charge in [0.25, 0.3) is 0 Å². The van der Waals surface area contributed by atoms with Crippen LogP contribution in [0.1, 0.15) is 18.9 Å². The van der Waals surface area contributed by atoms with Crippen molar-refractivity contribution in [3.05, 3.63) is 23.8 Å². The van der Waals surface area contributed by atoms with E-state index < -0.39 is 0 Å². The Kier molecular flexibility index (Phi) is 9.61. The van der Waals surface area contributed by atoms with Crippen LogP contribution in [0.3, 0.4) is 0 Å². The van der Waals surface area contributed by atoms with E-state index in [0.717, 1.165) is 43.2 Å². The van der Waals surface area contributed by atoms with Gasteiger partial charge in [0, 0.05) is 32.4 Å². The molecule has 1 N–H and O–H groups in total. The van der Waals surface area contributed by atoms with E-state index in [0.29, 0.717) is 19.8 Å². The molecule has 0 spiro atoms. The first-order chi connectivity index (χ1) is 10.3. The Morgan fingerprint density at radius 2 is 1.90 bits per heavy atom. The Balaban J connectivity index is 2.38. The molecule has 0 atom stereocenters. The highest BCUT2D eigenvalue weighted by Gasteiger charge is 2.05. The zero-order chi connectivity index (χ0) is 15.3. The quantitative estimate of drug-likeness (QED) is 0.600. The van der Waals surface area contributed by atoms with Crippen molar-refractivity contribution in [2.45, 2.75) is 19.9 Å². The van der Waals surface area contributed by atoms with Gasteiger partial charge in [-0.2, -0.15) is 0 Å². The molecule has 5 heteroatoms. The maximum atomic E-state index is 5.79. The van der Waals surface area contributed by atoms with Gasteiger partial charge in [0.05, 0.1) is 13.7 Å². The second-order valence-electron chi connectivity index (χ2n) is 4.56. The van der Waals surface area contributed by atoms with Crippen LogP contribution in [0.25, 0.3) is 0 Å². The van der Waals surface area contributed by atoms with Crippen molar-refractivity contribution >= 4 is 0 Å². The fraction of sp³-hybridized carbons (Fsp3) is 0.625. The van der Waals surface area contributed by atoms with E-state index >= 15 is 0 Å². The van der Waals surface area contributed by atoms with Crippen LogP contribution in [0.4, 0.5) is 0 Å². The Labute approximate surface area is 127 Å². The molecule has 1 aromatic carbocycles. The number of nitrogens with one attached hydrogen (secondary N) is 1. The molecule has 5 nitrogen and oxygen atoms in total. The van der Waals surface area contributed by atoms with Crippen LogP contribution in [0.15, 0.2) is 18.2 Å². The number of ether oxygens (including phenoxy) is 4. The Hall–Kier alpha value is -1.30. The molecule has 0 aliphatic heterocycles. The SMILES string of the molecule is CCNCc1cc(OC)ccc1OCCOCCCOC. The monoisotopic (exact) mass is 297 g/mol. The van der Waals surface area contributed by atoms with E-state index in [1.807, 2.05) is 18.2 Å². The molecule has 21 heavy (non-hydrogen) atoms. The zero-order valence-corrected chi connectivity index (χ0v) is 13.3. The van der Waals surface area contributed by atoms with Crippen LogP contribution in [-0.2, 0) is 16.0 Å². The number of benzene rings is 1. The summed E-state index contributed by atoms with van der Waals surface area (Å²) in [6.07, 6.45) is 0.907. The zero-order valence-electron chi connectivity index (χ0n) is 13.3. The van der Waals surface area contributed by atoms with Gasteiger partial charge in [-0.3, -0.25) is 0 Å². The van der Waals surface area contributed by atoms with Crippen molar-refractivity contribution in [2.75, 3.05) is 47.2 Å². The van der Waals surface area contributed by atoms with Crippen molar-refractivity contribution < 1.29 is 18.9 Å². The summed E-state index contributed by atoms with van der Waals surface area (Å²) in [6, 6.07) is 5.85. The highest BCUT2D eigenvalue weighted by molar-refractivity contribution is 5.40. The van der Waals surface area contributed by atoms with Crippen molar-refractivity contribution in [3.63, 3.8) is 0 Å². The van der Waals surface area contributed by atoms with Crippen LogP contribution in [0.2, 0.25) is 0 Å². The van der Waals surface area contributed by atoms with Crippen LogP contribution < -0.4 is 14.8 Å². The molecule has 0 unspecified atom stereocenters. The minimum Gasteiger partial charge on any atom is -0.497 e. The minimum absolute atomic E-state index is 0.540. The first-order valence-electron chi connectivity index (χ1n) is 7.39. The van der Waals surface area contributed by atoms with Gasteiger partial charge < -0.3 is 24.3 Å². The molecule has 0 aliphatic rings. The van der Waals surface area contributed by atoms with Crippen molar-refractivity contribution in [1.29, 1.82) is 0 Å². The standard InChI is InChI=1S/C16H27NO4/c1-4-17-13-14-12-15(19-3)6-7-16(14)21-11-10-20-9-5-8-18-2/h6-7,12,17H,4-5,8-11,13H2,1-3H3. The lowest BCUT2D eigenvalue weighted by Crippen LogP contribution is -2.14. The first-order valence-corrected chi connectivity index (χ1v) is 7.39. The summed E-state index contributed by atoms with van der Waals surface area (Å²) >= 11 is 0. The van der Waals surface area contributed by atoms with Gasteiger partial charge in [0.2, 0.25) is 0 Å². The van der Waals surface area contributed by atoms with Gasteiger partial charge >= 0.3 is 0 Å². The smallest absolute Gasteiger partial charge is 0.124 e. The van der Waals surface area contributed by atoms with E-state index in [2.05, 4.69) is 12.2 Å². The summed E-state index contributed by atoms with van der Waals surface area (Å²) in [4.78, 5) is 0. The largest absolute Gasteiger partial charge is 0.497 e. The Bertz CT molecular complexity index is 385. The normalized spacial score (nSPS) is 10.6. The summed E-state index contributed by atoms with van der Waals surface area (Å²) in [5, 5.41) is 3.30. The van der Waals surface area contributed by atoms with E-state index in [9.17, 15) is 0 Å². The Morgan fingerprint density at radius 1 is 1.05 bits per heavy atom. The lowest BCUT2D eigenvalue weighted by molar-refractivity contribution is 0.0804. The molecule has 0 bridgehead atoms. The molecule has 0 heterocycles. The lowest BCUT2D eigenvalue weighted by Gasteiger charge is -2.13. The molecule has 0 amide bonds. The van der Waals surface area contributed by atoms with E-state index in [1.165, 1.54) is 0 Å². The van der Waals surface area contributed by atoms with E-state index in [4.69, 9.17) is 18.9 Å². The minimum atomic E-state index is 0.540. The van der Waals surface area contributed by atoms with Gasteiger partial charge in [-0.25, -0.2) is 0 Å². The first kappa shape index (κ1) is 17.8. The van der Waals surface area contributed by atoms with Gasteiger partial charge in [-0.05, 0) is 31.2 Å². The second kappa shape index (κ2) is 11.4. The van der Waals surface area contributed by atoms with Crippen LogP contribution in [0, 0.1) is 0 Å². The molecule has 0 saturated heterocycles. The third-order valence-electron chi connectivity index (χ3n) is 2.96. The summed E-state index contributed by atoms with van der Waals surface area (Å²) in [5.41, 5.74) is 1.09. The number of hydrogen-bond donors (Lipinski definition) is 1. The molecule has 0 aromatic heterocycles. The molecule has 1 rings (SSSR count). The molecule has 0 saturated carbocycles. The van der Waals surface area contributed by atoms with Crippen molar-refractivity contribution in [1.82, 2.24) is 5.32 Å². The molecule has 0 fully saturated rings. The van der Waals surface area contributed by atoms with E-state index in [1.54, 1.807) is 14.2 Å². The molecule has 0 aliphatic carbocycles. The molecular weight excluding hydrogens is 270 g/mol. The predicted molar refractivity (Wildman–Crippen MR) is 83.2 cm³/mol. The van der Waals surface area contributed by atoms with Gasteiger partial charge in [0.15, 0.2) is 0 Å². The average Bonchev–Trinajstić information content (AvgIpc) is 2.52. The van der Waals surface area contributed by atoms with Crippen molar-refractivity contribution in [2.24, 2.45) is 0 Å². The topological polar surface area (TPSA) is 49.0 Å². The summed E-state index contributed by atoms with van der Waals surface area (Å²) in [7, 11) is 3.36. The maximum Gasteiger partial charge on any atom is 0.124 e. The van der Waals surface area contributed by atoms with Gasteiger partial charge in [-0.1, -0.05) is 6.92 Å². The number of methoxy groups -OCH3 is 2. The summed E-state index contributed by atoms with van der Waals surface area (Å²) in [6.45, 7) is 6.30. The fourth-order valence-corrected chi connectivity index (χ4v) is 1.84. The Morgan fingerprint density at radius 3 is 2.62 bits per heavy atom. The van der Waals surface area contributed by atoms with Gasteiger partial charge in [0.1, 0.15) is 18.1 Å². The van der Waals surface area contributed by atoms with Crippen LogP contribution in [0.5, 0.6) is 11.5 Å². The maximum absolute atomic E-state index is 5.79. The molecule has 1 aromatic rings. The number of rotatable bonds is 12. The molecule has 120 valence electrons. The summed E-state index contributed by atoms with van der Waals surface area (Å²) < 4.78 is 21.5. The fourth-order valence-electron chi connectivity index (χ4n) is 1.84. The summed E-state index contributed by atoms with van der Waals surface area (Å²) in [5.74, 6) is 1.71. The van der Waals surface area contributed by atoms with E-state index in [-0.39, 0.29) is 0 Å². The molecule has 0 radical (unpaired) electrons. The highest BCUT2D eigenvalue weighted by atomic mass is 16.5.